The van der Waals surface area contributed by atoms with Gasteiger partial charge in [0.25, 0.3) is 0 Å². The van der Waals surface area contributed by atoms with Crippen LogP contribution in [0, 0.1) is 11.8 Å². The molecular weight excluding hydrogens is 278 g/mol. The predicted molar refractivity (Wildman–Crippen MR) is 81.6 cm³/mol. The van der Waals surface area contributed by atoms with Crippen molar-refractivity contribution in [3.63, 3.8) is 0 Å². The van der Waals surface area contributed by atoms with Crippen LogP contribution in [-0.2, 0) is 9.59 Å². The minimum atomic E-state index is -0.960. The Hall–Kier alpha value is -2.46. The molecule has 0 radical (unpaired) electrons. The van der Waals surface area contributed by atoms with Crippen LogP contribution in [0.2, 0.25) is 0 Å². The monoisotopic (exact) mass is 293 g/mol. The van der Waals surface area contributed by atoms with E-state index in [2.05, 4.69) is 5.32 Å². The first-order valence-corrected chi connectivity index (χ1v) is 7.35. The Labute approximate surface area is 127 Å². The molecule has 4 atom stereocenters. The number of aliphatic hydroxyl groups excluding tert-OH is 1. The molecule has 110 valence electrons. The molecule has 0 bridgehead atoms. The molecule has 0 saturated heterocycles. The highest BCUT2D eigenvalue weighted by molar-refractivity contribution is 6.29. The normalized spacial score (nSPS) is 35.4. The third-order valence-corrected chi connectivity index (χ3v) is 4.52. The Morgan fingerprint density at radius 2 is 1.55 bits per heavy atom. The van der Waals surface area contributed by atoms with E-state index in [1.807, 2.05) is 24.3 Å². The van der Waals surface area contributed by atoms with Gasteiger partial charge in [0, 0.05) is 0 Å². The minimum Gasteiger partial charge on any atom is -0.383 e. The minimum absolute atomic E-state index is 0.106. The number of carbonyl (C=O) groups excluding carboxylic acids is 2. The van der Waals surface area contributed by atoms with E-state index >= 15 is 0 Å². The first-order valence-electron chi connectivity index (χ1n) is 7.35. The van der Waals surface area contributed by atoms with E-state index in [1.54, 1.807) is 30.4 Å². The summed E-state index contributed by atoms with van der Waals surface area (Å²) >= 11 is 0. The molecule has 0 amide bonds. The molecule has 1 saturated carbocycles. The van der Waals surface area contributed by atoms with Gasteiger partial charge >= 0.3 is 0 Å². The maximum Gasteiger partial charge on any atom is 0.176 e. The topological polar surface area (TPSA) is 66.4 Å². The molecule has 4 unspecified atom stereocenters. The van der Waals surface area contributed by atoms with E-state index < -0.39 is 17.9 Å². The Morgan fingerprint density at radius 3 is 2.23 bits per heavy atom. The zero-order valence-electron chi connectivity index (χ0n) is 11.8. The molecule has 0 spiro atoms. The molecule has 2 N–H and O–H groups in total. The van der Waals surface area contributed by atoms with Gasteiger partial charge in [0.2, 0.25) is 0 Å². The molecule has 3 aliphatic carbocycles. The van der Waals surface area contributed by atoms with Crippen LogP contribution in [-0.4, -0.2) is 28.8 Å². The fourth-order valence-corrected chi connectivity index (χ4v) is 3.41. The molecule has 0 aromatic heterocycles. The molecular formula is C18H15NO3. The predicted octanol–water partition coefficient (Wildman–Crippen LogP) is 1.14. The molecule has 1 fully saturated rings. The van der Waals surface area contributed by atoms with E-state index in [4.69, 9.17) is 0 Å². The van der Waals surface area contributed by atoms with Gasteiger partial charge in [-0.05, 0) is 11.6 Å². The SMILES string of the molecule is O=C1C(=C2NC3C=CC=CC3=CC2O)C(=O)C2C=CC=CC12. The number of fused-ring (bicyclic) bond motifs is 2. The van der Waals surface area contributed by atoms with E-state index in [1.165, 1.54) is 0 Å². The Bertz CT molecular complexity index is 716. The third-order valence-electron chi connectivity index (χ3n) is 4.52. The van der Waals surface area contributed by atoms with Gasteiger partial charge in [0.15, 0.2) is 11.6 Å². The number of ketones is 2. The molecule has 4 rings (SSSR count). The Kier molecular flexibility index (Phi) is 2.87. The summed E-state index contributed by atoms with van der Waals surface area (Å²) in [6, 6.07) is -0.106. The second-order valence-corrected chi connectivity index (χ2v) is 5.82. The lowest BCUT2D eigenvalue weighted by atomic mass is 9.91. The van der Waals surface area contributed by atoms with Crippen molar-refractivity contribution in [3.05, 3.63) is 71.5 Å². The van der Waals surface area contributed by atoms with Gasteiger partial charge in [-0.25, -0.2) is 0 Å². The van der Waals surface area contributed by atoms with Gasteiger partial charge in [-0.1, -0.05) is 48.6 Å². The van der Waals surface area contributed by atoms with Crippen LogP contribution in [0.25, 0.3) is 0 Å². The number of rotatable bonds is 0. The molecule has 4 aliphatic rings. The number of Topliss-reactive ketones (excluding diaryl/α,β-unsaturated/α-hetero) is 2. The number of nitrogens with one attached hydrogen (secondary N) is 1. The van der Waals surface area contributed by atoms with Crippen molar-refractivity contribution in [2.45, 2.75) is 12.1 Å². The third kappa shape index (κ3) is 1.81. The van der Waals surface area contributed by atoms with Crippen molar-refractivity contribution in [2.75, 3.05) is 0 Å². The van der Waals surface area contributed by atoms with Crippen LogP contribution in [0.3, 0.4) is 0 Å². The molecule has 4 nitrogen and oxygen atoms in total. The van der Waals surface area contributed by atoms with E-state index in [9.17, 15) is 14.7 Å². The Balaban J connectivity index is 1.80. The summed E-state index contributed by atoms with van der Waals surface area (Å²) in [7, 11) is 0. The van der Waals surface area contributed by atoms with Crippen molar-refractivity contribution >= 4 is 11.6 Å². The highest BCUT2D eigenvalue weighted by Crippen LogP contribution is 2.37. The number of hydrogen-bond acceptors (Lipinski definition) is 4. The van der Waals surface area contributed by atoms with Crippen LogP contribution >= 0.6 is 0 Å². The standard InChI is InChI=1S/C18H15NO3/c20-14-9-10-5-1-4-8-13(10)19-16(14)15-17(21)11-6-2-3-7-12(11)18(15)22/h1-9,11-14,19-20H. The van der Waals surface area contributed by atoms with Crippen molar-refractivity contribution < 1.29 is 14.7 Å². The summed E-state index contributed by atoms with van der Waals surface area (Å²) in [6.45, 7) is 0. The molecule has 1 heterocycles. The van der Waals surface area contributed by atoms with Gasteiger partial charge < -0.3 is 10.4 Å². The lowest BCUT2D eigenvalue weighted by molar-refractivity contribution is -0.117. The molecule has 22 heavy (non-hydrogen) atoms. The van der Waals surface area contributed by atoms with Crippen LogP contribution in [0.15, 0.2) is 71.5 Å². The largest absolute Gasteiger partial charge is 0.383 e. The summed E-state index contributed by atoms with van der Waals surface area (Å²) in [5.74, 6) is -1.27. The summed E-state index contributed by atoms with van der Waals surface area (Å²) in [5, 5.41) is 13.5. The summed E-state index contributed by atoms with van der Waals surface area (Å²) < 4.78 is 0. The van der Waals surface area contributed by atoms with Crippen LogP contribution in [0.4, 0.5) is 0 Å². The first kappa shape index (κ1) is 13.2. The van der Waals surface area contributed by atoms with Crippen molar-refractivity contribution in [2.24, 2.45) is 11.8 Å². The molecule has 0 aromatic rings. The van der Waals surface area contributed by atoms with Crippen molar-refractivity contribution in [1.82, 2.24) is 5.32 Å². The van der Waals surface area contributed by atoms with Gasteiger partial charge in [0.05, 0.1) is 29.1 Å². The molecule has 1 aliphatic heterocycles. The summed E-state index contributed by atoms with van der Waals surface area (Å²) in [4.78, 5) is 25.2. The lowest BCUT2D eigenvalue weighted by Gasteiger charge is -2.30. The summed E-state index contributed by atoms with van der Waals surface area (Å²) in [6.07, 6.45) is 15.5. The van der Waals surface area contributed by atoms with Gasteiger partial charge in [-0.2, -0.15) is 0 Å². The number of aliphatic hydroxyl groups is 1. The number of allylic oxidation sites excluding steroid dienone is 7. The maximum absolute atomic E-state index is 12.6. The van der Waals surface area contributed by atoms with Crippen molar-refractivity contribution in [3.8, 4) is 0 Å². The molecule has 0 aromatic carbocycles. The van der Waals surface area contributed by atoms with E-state index in [-0.39, 0.29) is 23.2 Å². The fourth-order valence-electron chi connectivity index (χ4n) is 3.41. The second-order valence-electron chi connectivity index (χ2n) is 5.82. The highest BCUT2D eigenvalue weighted by Gasteiger charge is 2.46. The first-order chi connectivity index (χ1) is 10.7. The van der Waals surface area contributed by atoms with Gasteiger partial charge in [0.1, 0.15) is 6.10 Å². The van der Waals surface area contributed by atoms with Gasteiger partial charge in [-0.15, -0.1) is 0 Å². The average Bonchev–Trinajstić information content (AvgIpc) is 2.79. The number of carbonyl (C=O) groups is 2. The van der Waals surface area contributed by atoms with Crippen LogP contribution in [0.5, 0.6) is 0 Å². The average molecular weight is 293 g/mol. The zero-order chi connectivity index (χ0) is 15.3. The van der Waals surface area contributed by atoms with Crippen LogP contribution in [0.1, 0.15) is 0 Å². The quantitative estimate of drug-likeness (QED) is 0.519. The maximum atomic E-state index is 12.6. The zero-order valence-corrected chi connectivity index (χ0v) is 11.8. The van der Waals surface area contributed by atoms with Gasteiger partial charge in [-0.3, -0.25) is 9.59 Å². The van der Waals surface area contributed by atoms with E-state index in [0.29, 0.717) is 5.70 Å². The smallest absolute Gasteiger partial charge is 0.176 e. The second kappa shape index (κ2) is 4.78. The Morgan fingerprint density at radius 1 is 0.909 bits per heavy atom. The fraction of sp³-hybridized carbons (Fsp3) is 0.222. The highest BCUT2D eigenvalue weighted by atomic mass is 16.3. The van der Waals surface area contributed by atoms with Crippen molar-refractivity contribution in [1.29, 1.82) is 0 Å². The molecule has 4 heteroatoms. The van der Waals surface area contributed by atoms with Crippen LogP contribution < -0.4 is 5.32 Å². The lowest BCUT2D eigenvalue weighted by Crippen LogP contribution is -2.40. The summed E-state index contributed by atoms with van der Waals surface area (Å²) in [5.41, 5.74) is 1.39. The number of hydrogen-bond donors (Lipinski definition) is 2. The van der Waals surface area contributed by atoms with E-state index in [0.717, 1.165) is 5.57 Å².